The number of H-pyrrole nitrogens is 1. The lowest BCUT2D eigenvalue weighted by atomic mass is 10.2. The molecule has 0 radical (unpaired) electrons. The summed E-state index contributed by atoms with van der Waals surface area (Å²) in [6, 6.07) is 8.06. The fourth-order valence-electron chi connectivity index (χ4n) is 2.27. The molecule has 1 aliphatic heterocycles. The quantitative estimate of drug-likeness (QED) is 0.838. The van der Waals surface area contributed by atoms with Crippen LogP contribution in [0.5, 0.6) is 0 Å². The number of nitrogens with two attached hydrogens (primary N) is 1. The van der Waals surface area contributed by atoms with Gasteiger partial charge >= 0.3 is 0 Å². The molecule has 1 aromatic heterocycles. The predicted octanol–water partition coefficient (Wildman–Crippen LogP) is 2.40. The number of hydrogen-bond donors (Lipinski definition) is 2. The molecule has 3 N–H and O–H groups in total. The van der Waals surface area contributed by atoms with E-state index >= 15 is 0 Å². The Labute approximate surface area is 137 Å². The number of hydrogen-bond acceptors (Lipinski definition) is 6. The van der Waals surface area contributed by atoms with E-state index in [-0.39, 0.29) is 11.9 Å². The van der Waals surface area contributed by atoms with Crippen LogP contribution in [0.25, 0.3) is 0 Å². The first-order valence-corrected chi connectivity index (χ1v) is 8.87. The Balaban J connectivity index is 1.74. The highest BCUT2D eigenvalue weighted by Gasteiger charge is 2.24. The first kappa shape index (κ1) is 15.2. The predicted molar refractivity (Wildman–Crippen MR) is 90.3 cm³/mol. The lowest BCUT2D eigenvalue weighted by Crippen LogP contribution is -2.33. The maximum Gasteiger partial charge on any atom is 0.237 e. The largest absolute Gasteiger partial charge is 0.368 e. The number of carbonyl (C=O) groups is 1. The van der Waals surface area contributed by atoms with Crippen LogP contribution in [0.2, 0.25) is 0 Å². The fraction of sp³-hybridized carbons (Fsp3) is 0.357. The number of para-hydroxylation sites is 1. The molecule has 3 rings (SSSR count). The van der Waals surface area contributed by atoms with Gasteiger partial charge in [0.05, 0.1) is 11.4 Å². The van der Waals surface area contributed by atoms with Gasteiger partial charge in [-0.1, -0.05) is 30.8 Å². The summed E-state index contributed by atoms with van der Waals surface area (Å²) in [5, 5.41) is 7.50. The van der Waals surface area contributed by atoms with E-state index in [1.165, 1.54) is 11.8 Å². The van der Waals surface area contributed by atoms with Crippen molar-refractivity contribution < 1.29 is 4.79 Å². The second-order valence-electron chi connectivity index (χ2n) is 5.02. The zero-order valence-electron chi connectivity index (χ0n) is 12.2. The smallest absolute Gasteiger partial charge is 0.237 e. The molecule has 0 spiro atoms. The molecule has 0 unspecified atom stereocenters. The van der Waals surface area contributed by atoms with Crippen LogP contribution in [0.3, 0.4) is 0 Å². The number of amides is 1. The van der Waals surface area contributed by atoms with Crippen LogP contribution < -0.4 is 10.6 Å². The lowest BCUT2D eigenvalue weighted by molar-refractivity contribution is -0.116. The molecule has 1 aliphatic rings. The molecule has 1 amide bonds. The van der Waals surface area contributed by atoms with Gasteiger partial charge in [-0.3, -0.25) is 4.79 Å². The van der Waals surface area contributed by atoms with Crippen molar-refractivity contribution in [3.63, 3.8) is 0 Å². The number of carbonyl (C=O) groups excluding carboxylic acids is 1. The Hall–Kier alpha value is -1.67. The van der Waals surface area contributed by atoms with Gasteiger partial charge in [0.15, 0.2) is 0 Å². The maximum atomic E-state index is 12.6. The standard InChI is InChI=1S/C14H17N5OS2/c1-9-6-7-19(10-4-2-3-5-11(10)22-9)12(20)8-21-14-16-13(15)17-18-14/h2-5,9H,6-8H2,1H3,(H3,15,16,17,18)/t9-/m1/s1. The number of nitrogen functional groups attached to an aromatic ring is 1. The number of thioether (sulfide) groups is 2. The molecular weight excluding hydrogens is 318 g/mol. The van der Waals surface area contributed by atoms with Gasteiger partial charge in [-0.05, 0) is 18.6 Å². The van der Waals surface area contributed by atoms with Crippen LogP contribution in [0.4, 0.5) is 11.6 Å². The van der Waals surface area contributed by atoms with Gasteiger partial charge in [0, 0.05) is 16.7 Å². The highest BCUT2D eigenvalue weighted by atomic mass is 32.2. The number of anilines is 2. The van der Waals surface area contributed by atoms with Crippen LogP contribution in [-0.2, 0) is 4.79 Å². The fourth-order valence-corrected chi connectivity index (χ4v) is 4.07. The van der Waals surface area contributed by atoms with Crippen LogP contribution in [0.1, 0.15) is 13.3 Å². The van der Waals surface area contributed by atoms with Crippen molar-refractivity contribution in [2.45, 2.75) is 28.6 Å². The summed E-state index contributed by atoms with van der Waals surface area (Å²) in [6.45, 7) is 2.93. The zero-order valence-corrected chi connectivity index (χ0v) is 13.8. The monoisotopic (exact) mass is 335 g/mol. The summed E-state index contributed by atoms with van der Waals surface area (Å²) < 4.78 is 0. The van der Waals surface area contributed by atoms with E-state index in [0.29, 0.717) is 16.2 Å². The maximum absolute atomic E-state index is 12.6. The topological polar surface area (TPSA) is 87.9 Å². The van der Waals surface area contributed by atoms with Crippen LogP contribution in [0.15, 0.2) is 34.3 Å². The molecule has 116 valence electrons. The molecule has 1 atom stereocenters. The Morgan fingerprint density at radius 3 is 3.14 bits per heavy atom. The minimum absolute atomic E-state index is 0.0653. The van der Waals surface area contributed by atoms with Gasteiger partial charge in [-0.25, -0.2) is 5.10 Å². The number of fused-ring (bicyclic) bond motifs is 1. The van der Waals surface area contributed by atoms with Crippen molar-refractivity contribution in [1.82, 2.24) is 15.2 Å². The lowest BCUT2D eigenvalue weighted by Gasteiger charge is -2.22. The Bertz CT molecular complexity index is 675. The molecule has 0 fully saturated rings. The third-order valence-corrected chi connectivity index (χ3v) is 5.42. The molecule has 22 heavy (non-hydrogen) atoms. The molecular formula is C14H17N5OS2. The minimum atomic E-state index is 0.0653. The van der Waals surface area contributed by atoms with Crippen LogP contribution in [-0.4, -0.2) is 38.6 Å². The summed E-state index contributed by atoms with van der Waals surface area (Å²) >= 11 is 3.12. The van der Waals surface area contributed by atoms with Crippen molar-refractivity contribution >= 4 is 41.1 Å². The molecule has 0 bridgehead atoms. The van der Waals surface area contributed by atoms with Crippen molar-refractivity contribution in [2.75, 3.05) is 22.9 Å². The highest BCUT2D eigenvalue weighted by Crippen LogP contribution is 2.37. The number of benzene rings is 1. The van der Waals surface area contributed by atoms with Crippen molar-refractivity contribution in [3.8, 4) is 0 Å². The first-order valence-electron chi connectivity index (χ1n) is 7.00. The Morgan fingerprint density at radius 2 is 2.36 bits per heavy atom. The van der Waals surface area contributed by atoms with E-state index in [9.17, 15) is 4.79 Å². The van der Waals surface area contributed by atoms with Crippen molar-refractivity contribution in [1.29, 1.82) is 0 Å². The summed E-state index contributed by atoms with van der Waals surface area (Å²) in [7, 11) is 0. The number of rotatable bonds is 3. The van der Waals surface area contributed by atoms with Crippen LogP contribution >= 0.6 is 23.5 Å². The molecule has 2 heterocycles. The first-order chi connectivity index (χ1) is 10.6. The molecule has 8 heteroatoms. The minimum Gasteiger partial charge on any atom is -0.368 e. The third-order valence-electron chi connectivity index (χ3n) is 3.35. The number of aromatic amines is 1. The Morgan fingerprint density at radius 1 is 1.55 bits per heavy atom. The van der Waals surface area contributed by atoms with Crippen molar-refractivity contribution in [3.05, 3.63) is 24.3 Å². The van der Waals surface area contributed by atoms with E-state index in [0.717, 1.165) is 23.5 Å². The van der Waals surface area contributed by atoms with Crippen molar-refractivity contribution in [2.24, 2.45) is 0 Å². The van der Waals surface area contributed by atoms with E-state index < -0.39 is 0 Å². The Kier molecular flexibility index (Phi) is 4.58. The van der Waals surface area contributed by atoms with E-state index in [1.54, 1.807) is 0 Å². The highest BCUT2D eigenvalue weighted by molar-refractivity contribution is 8.00. The van der Waals surface area contributed by atoms with Gasteiger partial charge in [-0.15, -0.1) is 16.9 Å². The third kappa shape index (κ3) is 3.38. The van der Waals surface area contributed by atoms with Gasteiger partial charge in [0.25, 0.3) is 0 Å². The van der Waals surface area contributed by atoms with Gasteiger partial charge < -0.3 is 10.6 Å². The van der Waals surface area contributed by atoms with E-state index in [1.807, 2.05) is 34.9 Å². The molecule has 2 aromatic rings. The molecule has 0 aliphatic carbocycles. The molecule has 0 saturated carbocycles. The molecule has 0 saturated heterocycles. The van der Waals surface area contributed by atoms with Gasteiger partial charge in [0.2, 0.25) is 17.0 Å². The summed E-state index contributed by atoms with van der Waals surface area (Å²) in [6.07, 6.45) is 0.976. The average molecular weight is 335 g/mol. The molecule has 6 nitrogen and oxygen atoms in total. The average Bonchev–Trinajstić information content (AvgIpc) is 2.84. The van der Waals surface area contributed by atoms with E-state index in [2.05, 4.69) is 28.2 Å². The van der Waals surface area contributed by atoms with Crippen LogP contribution in [0, 0.1) is 0 Å². The second-order valence-corrected chi connectivity index (χ2v) is 7.44. The number of aromatic nitrogens is 3. The van der Waals surface area contributed by atoms with Gasteiger partial charge in [-0.2, -0.15) is 4.98 Å². The summed E-state index contributed by atoms with van der Waals surface area (Å²) in [4.78, 5) is 19.6. The van der Waals surface area contributed by atoms with Gasteiger partial charge in [0.1, 0.15) is 0 Å². The SMILES string of the molecule is C[C@@H]1CCN(C(=O)CSc2n[nH]c(N)n2)c2ccccc2S1. The molecule has 1 aromatic carbocycles. The normalized spacial score (nSPS) is 17.9. The second kappa shape index (κ2) is 6.62. The number of nitrogens with zero attached hydrogens (tertiary/aromatic N) is 3. The zero-order chi connectivity index (χ0) is 15.5. The number of nitrogens with one attached hydrogen (secondary N) is 1. The van der Waals surface area contributed by atoms with E-state index in [4.69, 9.17) is 5.73 Å². The summed E-state index contributed by atoms with van der Waals surface area (Å²) in [5.74, 6) is 0.626. The summed E-state index contributed by atoms with van der Waals surface area (Å²) in [5.41, 5.74) is 6.48.